The van der Waals surface area contributed by atoms with Crippen molar-refractivity contribution in [3.05, 3.63) is 97.9 Å². The van der Waals surface area contributed by atoms with E-state index in [9.17, 15) is 20.2 Å². The summed E-state index contributed by atoms with van der Waals surface area (Å²) in [4.78, 5) is 27.7. The number of non-ortho nitro benzene ring substituents is 1. The molecule has 0 spiro atoms. The molecule has 2 aromatic carbocycles. The average molecular weight is 522 g/mol. The van der Waals surface area contributed by atoms with Crippen molar-refractivity contribution >= 4 is 39.6 Å². The molecule has 0 unspecified atom stereocenters. The second-order valence-electron chi connectivity index (χ2n) is 7.64. The lowest BCUT2D eigenvalue weighted by Gasteiger charge is -2.10. The Morgan fingerprint density at radius 2 is 1.97 bits per heavy atom. The van der Waals surface area contributed by atoms with Gasteiger partial charge in [0, 0.05) is 35.5 Å². The van der Waals surface area contributed by atoms with Crippen LogP contribution in [0.1, 0.15) is 33.4 Å². The number of nitro groups is 1. The predicted molar refractivity (Wildman–Crippen MR) is 137 cm³/mol. The summed E-state index contributed by atoms with van der Waals surface area (Å²) >= 11 is 7.19. The van der Waals surface area contributed by atoms with Gasteiger partial charge in [0.1, 0.15) is 15.9 Å². The van der Waals surface area contributed by atoms with Crippen LogP contribution >= 0.6 is 22.9 Å². The first kappa shape index (κ1) is 24.9. The van der Waals surface area contributed by atoms with Crippen LogP contribution in [0.2, 0.25) is 5.02 Å². The normalized spacial score (nSPS) is 10.6. The lowest BCUT2D eigenvalue weighted by Crippen LogP contribution is -2.08. The summed E-state index contributed by atoms with van der Waals surface area (Å²) in [6.07, 6.45) is 3.37. The van der Waals surface area contributed by atoms with Gasteiger partial charge >= 0.3 is 5.97 Å². The van der Waals surface area contributed by atoms with Crippen LogP contribution in [0.4, 0.5) is 10.7 Å². The van der Waals surface area contributed by atoms with Crippen LogP contribution < -0.4 is 5.32 Å². The highest BCUT2D eigenvalue weighted by Crippen LogP contribution is 2.41. The highest BCUT2D eigenvalue weighted by atomic mass is 35.5. The van der Waals surface area contributed by atoms with Gasteiger partial charge in [-0.3, -0.25) is 10.1 Å². The third-order valence-corrected chi connectivity index (χ3v) is 6.72. The van der Waals surface area contributed by atoms with Gasteiger partial charge in [0.05, 0.1) is 35.7 Å². The van der Waals surface area contributed by atoms with Gasteiger partial charge in [0.25, 0.3) is 5.69 Å². The molecular formula is C25H20ClN5O4S. The maximum Gasteiger partial charge on any atom is 0.349 e. The van der Waals surface area contributed by atoms with E-state index in [0.717, 1.165) is 22.6 Å². The van der Waals surface area contributed by atoms with Gasteiger partial charge in [-0.15, -0.1) is 11.3 Å². The molecule has 0 radical (unpaired) electrons. The molecule has 1 N–H and O–H groups in total. The Kier molecular flexibility index (Phi) is 7.63. The second-order valence-corrected chi connectivity index (χ2v) is 9.10. The average Bonchev–Trinajstić information content (AvgIpc) is 3.47. The van der Waals surface area contributed by atoms with Gasteiger partial charge in [-0.2, -0.15) is 5.26 Å². The summed E-state index contributed by atoms with van der Waals surface area (Å²) in [6.45, 7) is 2.74. The number of rotatable bonds is 9. The largest absolute Gasteiger partial charge is 0.462 e. The standard InChI is InChI=1S/C25H20ClN5O4S/c1-2-35-25(32)23-22(17-5-7-18(26)8-6-17)21(11-27)24(36-23)29-13-20-12-28-15-30(20)14-16-3-9-19(10-4-16)31(33)34/h3-10,12,15,29H,2,13-14H2,1H3. The first-order valence-corrected chi connectivity index (χ1v) is 12.1. The van der Waals surface area contributed by atoms with Crippen LogP contribution in [-0.2, 0) is 17.8 Å². The van der Waals surface area contributed by atoms with Crippen molar-refractivity contribution in [2.45, 2.75) is 20.0 Å². The van der Waals surface area contributed by atoms with Crippen LogP contribution in [0.5, 0.6) is 0 Å². The summed E-state index contributed by atoms with van der Waals surface area (Å²) in [6, 6.07) is 15.5. The van der Waals surface area contributed by atoms with Crippen LogP contribution in [0.3, 0.4) is 0 Å². The number of carbonyl (C=O) groups is 1. The number of nitrogens with one attached hydrogen (secondary N) is 1. The third-order valence-electron chi connectivity index (χ3n) is 5.34. The Balaban J connectivity index is 1.60. The second kappa shape index (κ2) is 11.0. The zero-order chi connectivity index (χ0) is 25.7. The Morgan fingerprint density at radius 1 is 1.25 bits per heavy atom. The molecule has 36 heavy (non-hydrogen) atoms. The number of benzene rings is 2. The van der Waals surface area contributed by atoms with Gasteiger partial charge in [-0.1, -0.05) is 35.9 Å². The molecule has 0 aliphatic heterocycles. The Bertz CT molecular complexity index is 1440. The van der Waals surface area contributed by atoms with E-state index in [-0.39, 0.29) is 12.3 Å². The van der Waals surface area contributed by atoms with Gasteiger partial charge in [0.15, 0.2) is 0 Å². The van der Waals surface area contributed by atoms with Crippen molar-refractivity contribution in [3.8, 4) is 17.2 Å². The van der Waals surface area contributed by atoms with E-state index in [1.165, 1.54) is 12.1 Å². The predicted octanol–water partition coefficient (Wildman–Crippen LogP) is 5.88. The maximum atomic E-state index is 12.7. The molecule has 0 amide bonds. The highest BCUT2D eigenvalue weighted by Gasteiger charge is 2.25. The number of carbonyl (C=O) groups excluding carboxylic acids is 1. The highest BCUT2D eigenvalue weighted by molar-refractivity contribution is 7.18. The SMILES string of the molecule is CCOC(=O)c1sc(NCc2cncn2Cc2ccc([N+](=O)[O-])cc2)c(C#N)c1-c1ccc(Cl)cc1. The molecule has 0 fully saturated rings. The summed E-state index contributed by atoms with van der Waals surface area (Å²) in [5.74, 6) is -0.500. The van der Waals surface area contributed by atoms with E-state index in [1.54, 1.807) is 55.8 Å². The van der Waals surface area contributed by atoms with Crippen molar-refractivity contribution in [2.24, 2.45) is 0 Å². The van der Waals surface area contributed by atoms with E-state index in [1.807, 2.05) is 4.57 Å². The fourth-order valence-electron chi connectivity index (χ4n) is 3.62. The van der Waals surface area contributed by atoms with E-state index in [4.69, 9.17) is 16.3 Å². The number of nitriles is 1. The topological polar surface area (TPSA) is 123 Å². The molecular weight excluding hydrogens is 502 g/mol. The van der Waals surface area contributed by atoms with Crippen molar-refractivity contribution < 1.29 is 14.5 Å². The number of hydrogen-bond donors (Lipinski definition) is 1. The maximum absolute atomic E-state index is 12.7. The monoisotopic (exact) mass is 521 g/mol. The molecule has 0 saturated carbocycles. The summed E-state index contributed by atoms with van der Waals surface area (Å²) in [7, 11) is 0. The number of ether oxygens (including phenoxy) is 1. The zero-order valence-corrected chi connectivity index (χ0v) is 20.7. The number of anilines is 1. The van der Waals surface area contributed by atoms with Gasteiger partial charge < -0.3 is 14.6 Å². The molecule has 182 valence electrons. The molecule has 2 aromatic heterocycles. The van der Waals surface area contributed by atoms with Crippen molar-refractivity contribution in [1.29, 1.82) is 5.26 Å². The number of nitrogens with zero attached hydrogens (tertiary/aromatic N) is 4. The van der Waals surface area contributed by atoms with Crippen molar-refractivity contribution in [2.75, 3.05) is 11.9 Å². The zero-order valence-electron chi connectivity index (χ0n) is 19.1. The summed E-state index contributed by atoms with van der Waals surface area (Å²) in [5, 5.41) is 25.2. The lowest BCUT2D eigenvalue weighted by molar-refractivity contribution is -0.384. The fraction of sp³-hybridized carbons (Fsp3) is 0.160. The Labute approximate surface area is 215 Å². The smallest absolute Gasteiger partial charge is 0.349 e. The van der Waals surface area contributed by atoms with E-state index < -0.39 is 10.9 Å². The quantitative estimate of drug-likeness (QED) is 0.166. The minimum atomic E-state index is -0.500. The Morgan fingerprint density at radius 3 is 2.61 bits per heavy atom. The molecule has 0 bridgehead atoms. The first-order chi connectivity index (χ1) is 17.4. The lowest BCUT2D eigenvalue weighted by atomic mass is 10.0. The van der Waals surface area contributed by atoms with Gasteiger partial charge in [0.2, 0.25) is 0 Å². The molecule has 2 heterocycles. The van der Waals surface area contributed by atoms with Crippen molar-refractivity contribution in [3.63, 3.8) is 0 Å². The Hall–Kier alpha value is -4.20. The van der Waals surface area contributed by atoms with E-state index in [2.05, 4.69) is 16.4 Å². The number of halogens is 1. The number of hydrogen-bond acceptors (Lipinski definition) is 8. The summed E-state index contributed by atoms with van der Waals surface area (Å²) in [5.41, 5.74) is 3.26. The minimum Gasteiger partial charge on any atom is -0.462 e. The van der Waals surface area contributed by atoms with Crippen LogP contribution in [0.25, 0.3) is 11.1 Å². The number of thiophene rings is 1. The molecule has 11 heteroatoms. The van der Waals surface area contributed by atoms with Crippen LogP contribution in [-0.4, -0.2) is 27.1 Å². The first-order valence-electron chi connectivity index (χ1n) is 10.9. The number of esters is 1. The molecule has 0 atom stereocenters. The number of aromatic nitrogens is 2. The molecule has 4 rings (SSSR count). The van der Waals surface area contributed by atoms with E-state index in [0.29, 0.717) is 44.7 Å². The fourth-order valence-corrected chi connectivity index (χ4v) is 4.81. The van der Waals surface area contributed by atoms with Gasteiger partial charge in [-0.25, -0.2) is 9.78 Å². The van der Waals surface area contributed by atoms with Crippen LogP contribution in [0, 0.1) is 21.4 Å². The summed E-state index contributed by atoms with van der Waals surface area (Å²) < 4.78 is 7.14. The molecule has 4 aromatic rings. The van der Waals surface area contributed by atoms with Gasteiger partial charge in [-0.05, 0) is 30.2 Å². The third kappa shape index (κ3) is 5.38. The molecule has 0 saturated heterocycles. The van der Waals surface area contributed by atoms with E-state index >= 15 is 0 Å². The number of imidazole rings is 1. The van der Waals surface area contributed by atoms with Crippen LogP contribution in [0.15, 0.2) is 61.1 Å². The molecule has 9 nitrogen and oxygen atoms in total. The van der Waals surface area contributed by atoms with Crippen molar-refractivity contribution in [1.82, 2.24) is 9.55 Å². The minimum absolute atomic E-state index is 0.0295. The molecule has 0 aliphatic rings. The number of nitro benzene ring substituents is 1. The molecule has 0 aliphatic carbocycles.